The van der Waals surface area contributed by atoms with Gasteiger partial charge in [0, 0.05) is 18.3 Å². The maximum atomic E-state index is 12.9. The highest BCUT2D eigenvalue weighted by Gasteiger charge is 2.29. The molecule has 4 rings (SSSR count). The molecule has 15 nitrogen and oxygen atoms in total. The predicted molar refractivity (Wildman–Crippen MR) is 162 cm³/mol. The van der Waals surface area contributed by atoms with Gasteiger partial charge in [-0.15, -0.1) is 15.3 Å². The Labute approximate surface area is 259 Å². The number of aromatic nitrogens is 5. The van der Waals surface area contributed by atoms with E-state index in [1.165, 1.54) is 12.3 Å². The highest BCUT2D eigenvalue weighted by atomic mass is 16.6. The minimum Gasteiger partial charge on any atom is -0.476 e. The Morgan fingerprint density at radius 1 is 1.04 bits per heavy atom. The molecule has 0 radical (unpaired) electrons. The molecule has 3 N–H and O–H groups in total. The van der Waals surface area contributed by atoms with Crippen LogP contribution in [-0.4, -0.2) is 80.0 Å². The van der Waals surface area contributed by atoms with Crippen molar-refractivity contribution in [3.05, 3.63) is 41.3 Å². The molecule has 4 heterocycles. The van der Waals surface area contributed by atoms with Gasteiger partial charge in [0.05, 0.1) is 41.8 Å². The van der Waals surface area contributed by atoms with Crippen LogP contribution < -0.4 is 15.4 Å². The molecular weight excluding hydrogens is 586 g/mol. The monoisotopic (exact) mass is 623 g/mol. The van der Waals surface area contributed by atoms with Gasteiger partial charge in [0.2, 0.25) is 5.88 Å². The zero-order valence-electron chi connectivity index (χ0n) is 26.3. The molecule has 0 aromatic carbocycles. The van der Waals surface area contributed by atoms with E-state index in [0.717, 1.165) is 4.68 Å². The molecule has 3 aromatic heterocycles. The maximum absolute atomic E-state index is 12.9. The standard InChI is InChI=1S/C30H37N7O8/c1-8-42-26(39)17-10-12-31-21(17)15-19-18-14-22(34-35-23(18)33-24(19)38)20-16-37(28(41)45-30(5,6)7)36-25(20)43-13-9-11-32-27(40)44-29(2,3)4/h10,12,14-16,31H,8-9,11,13H2,1-7H3,(H,32,40)(H,33,35,38)/b19-15-. The molecule has 0 bridgehead atoms. The number of amides is 2. The third-order valence-electron chi connectivity index (χ3n) is 5.89. The quantitative estimate of drug-likeness (QED) is 0.132. The minimum absolute atomic E-state index is 0.0594. The zero-order chi connectivity index (χ0) is 32.9. The van der Waals surface area contributed by atoms with Gasteiger partial charge < -0.3 is 34.6 Å². The molecule has 0 saturated carbocycles. The SMILES string of the molecule is CCOC(=O)c1cc[nH]c1/C=C1\C(=O)Nc2nnc(-c3cn(C(=O)OC(C)(C)C)nc3OCCCNC(=O)OC(C)(C)C)cc21. The van der Waals surface area contributed by atoms with Crippen molar-refractivity contribution in [1.82, 2.24) is 30.3 Å². The second kappa shape index (κ2) is 13.2. The first-order chi connectivity index (χ1) is 21.1. The topological polar surface area (TPSA) is 189 Å². The lowest BCUT2D eigenvalue weighted by Gasteiger charge is -2.19. The average Bonchev–Trinajstić information content (AvgIpc) is 3.64. The number of fused-ring (bicyclic) bond motifs is 1. The molecule has 0 unspecified atom stereocenters. The summed E-state index contributed by atoms with van der Waals surface area (Å²) in [5.74, 6) is -0.701. The first kappa shape index (κ1) is 32.7. The van der Waals surface area contributed by atoms with Crippen LogP contribution in [0.4, 0.5) is 15.4 Å². The van der Waals surface area contributed by atoms with E-state index in [1.54, 1.807) is 66.8 Å². The van der Waals surface area contributed by atoms with Gasteiger partial charge in [-0.25, -0.2) is 14.4 Å². The van der Waals surface area contributed by atoms with Crippen molar-refractivity contribution < 1.29 is 38.1 Å². The predicted octanol–water partition coefficient (Wildman–Crippen LogP) is 4.41. The molecule has 0 aliphatic carbocycles. The lowest BCUT2D eigenvalue weighted by molar-refractivity contribution is -0.110. The number of aromatic amines is 1. The summed E-state index contributed by atoms with van der Waals surface area (Å²) in [6.45, 7) is 12.8. The summed E-state index contributed by atoms with van der Waals surface area (Å²) in [5.41, 5.74) is 0.440. The van der Waals surface area contributed by atoms with Crippen LogP contribution in [0.2, 0.25) is 0 Å². The Bertz CT molecular complexity index is 1630. The number of H-pyrrole nitrogens is 1. The molecule has 1 aliphatic rings. The second-order valence-corrected chi connectivity index (χ2v) is 11.9. The van der Waals surface area contributed by atoms with Crippen LogP contribution >= 0.6 is 0 Å². The summed E-state index contributed by atoms with van der Waals surface area (Å²) < 4.78 is 22.7. The van der Waals surface area contributed by atoms with Crippen LogP contribution in [0, 0.1) is 0 Å². The second-order valence-electron chi connectivity index (χ2n) is 11.9. The minimum atomic E-state index is -0.781. The number of esters is 1. The van der Waals surface area contributed by atoms with Crippen LogP contribution in [0.25, 0.3) is 22.9 Å². The molecule has 0 atom stereocenters. The van der Waals surface area contributed by atoms with E-state index >= 15 is 0 Å². The summed E-state index contributed by atoms with van der Waals surface area (Å²) in [6, 6.07) is 3.17. The van der Waals surface area contributed by atoms with Gasteiger partial charge in [0.25, 0.3) is 5.91 Å². The van der Waals surface area contributed by atoms with E-state index in [-0.39, 0.29) is 48.3 Å². The van der Waals surface area contributed by atoms with Crippen molar-refractivity contribution >= 4 is 41.5 Å². The van der Waals surface area contributed by atoms with E-state index in [1.807, 2.05) is 0 Å². The third-order valence-corrected chi connectivity index (χ3v) is 5.89. The van der Waals surface area contributed by atoms with Crippen molar-refractivity contribution in [3.63, 3.8) is 0 Å². The number of rotatable bonds is 9. The highest BCUT2D eigenvalue weighted by Crippen LogP contribution is 2.36. The molecule has 1 aliphatic heterocycles. The van der Waals surface area contributed by atoms with E-state index < -0.39 is 35.3 Å². The highest BCUT2D eigenvalue weighted by molar-refractivity contribution is 6.34. The molecule has 0 spiro atoms. The molecule has 3 aromatic rings. The number of hydrogen-bond donors (Lipinski definition) is 3. The third kappa shape index (κ3) is 8.46. The van der Waals surface area contributed by atoms with Crippen LogP contribution in [0.15, 0.2) is 24.5 Å². The Morgan fingerprint density at radius 3 is 2.47 bits per heavy atom. The molecule has 0 fully saturated rings. The molecule has 0 saturated heterocycles. The summed E-state index contributed by atoms with van der Waals surface area (Å²) in [7, 11) is 0. The Kier molecular flexibility index (Phi) is 9.59. The van der Waals surface area contributed by atoms with Gasteiger partial charge in [-0.1, -0.05) is 0 Å². The lowest BCUT2D eigenvalue weighted by atomic mass is 10.1. The number of alkyl carbamates (subject to hydrolysis) is 1. The van der Waals surface area contributed by atoms with Gasteiger partial charge >= 0.3 is 18.2 Å². The molecule has 240 valence electrons. The van der Waals surface area contributed by atoms with Gasteiger partial charge in [-0.05, 0) is 73.1 Å². The first-order valence-electron chi connectivity index (χ1n) is 14.3. The van der Waals surface area contributed by atoms with Gasteiger partial charge in [-0.2, -0.15) is 4.68 Å². The van der Waals surface area contributed by atoms with Crippen LogP contribution in [0.5, 0.6) is 5.88 Å². The molecular formula is C30H37N7O8. The number of nitrogens with one attached hydrogen (secondary N) is 3. The normalized spacial score (nSPS) is 13.7. The van der Waals surface area contributed by atoms with Crippen molar-refractivity contribution in [2.75, 3.05) is 25.1 Å². The van der Waals surface area contributed by atoms with Crippen molar-refractivity contribution in [1.29, 1.82) is 0 Å². The number of anilines is 1. The summed E-state index contributed by atoms with van der Waals surface area (Å²) >= 11 is 0. The number of carbonyl (C=O) groups excluding carboxylic acids is 4. The molecule has 15 heteroatoms. The van der Waals surface area contributed by atoms with E-state index in [4.69, 9.17) is 18.9 Å². The fourth-order valence-electron chi connectivity index (χ4n) is 4.08. The zero-order valence-corrected chi connectivity index (χ0v) is 26.3. The Balaban J connectivity index is 1.61. The van der Waals surface area contributed by atoms with Crippen LogP contribution in [-0.2, 0) is 19.0 Å². The molecule has 2 amide bonds. The first-order valence-corrected chi connectivity index (χ1v) is 14.3. The van der Waals surface area contributed by atoms with Crippen molar-refractivity contribution in [2.24, 2.45) is 0 Å². The fourth-order valence-corrected chi connectivity index (χ4v) is 4.08. The number of ether oxygens (including phenoxy) is 4. The van der Waals surface area contributed by atoms with Gasteiger partial charge in [0.15, 0.2) is 5.82 Å². The Hall–Kier alpha value is -5.21. The maximum Gasteiger partial charge on any atom is 0.435 e. The number of carbonyl (C=O) groups is 4. The smallest absolute Gasteiger partial charge is 0.435 e. The summed E-state index contributed by atoms with van der Waals surface area (Å²) in [5, 5.41) is 18.0. The van der Waals surface area contributed by atoms with Crippen LogP contribution in [0.3, 0.4) is 0 Å². The largest absolute Gasteiger partial charge is 0.476 e. The van der Waals surface area contributed by atoms with E-state index in [9.17, 15) is 19.2 Å². The van der Waals surface area contributed by atoms with E-state index in [0.29, 0.717) is 23.2 Å². The van der Waals surface area contributed by atoms with E-state index in [2.05, 4.69) is 30.9 Å². The number of nitrogens with zero attached hydrogens (tertiary/aromatic N) is 4. The fraction of sp³-hybridized carbons (Fsp3) is 0.433. The average molecular weight is 624 g/mol. The van der Waals surface area contributed by atoms with Gasteiger partial charge in [-0.3, -0.25) is 4.79 Å². The molecule has 45 heavy (non-hydrogen) atoms. The Morgan fingerprint density at radius 2 is 1.78 bits per heavy atom. The van der Waals surface area contributed by atoms with Gasteiger partial charge in [0.1, 0.15) is 16.9 Å². The summed E-state index contributed by atoms with van der Waals surface area (Å²) in [6.07, 6.45) is 3.61. The van der Waals surface area contributed by atoms with Crippen molar-refractivity contribution in [3.8, 4) is 17.1 Å². The van der Waals surface area contributed by atoms with Crippen LogP contribution in [0.1, 0.15) is 76.5 Å². The summed E-state index contributed by atoms with van der Waals surface area (Å²) in [4.78, 5) is 53.0. The lowest BCUT2D eigenvalue weighted by Crippen LogP contribution is -2.33. The van der Waals surface area contributed by atoms with Crippen molar-refractivity contribution in [2.45, 2.75) is 66.1 Å². The number of hydrogen-bond acceptors (Lipinski definition) is 11.